The Balaban J connectivity index is 2.91. The SMILES string of the molecule is CCCNC(CCS(C)(=O)=O)c1cc(Cl)ccc1C. The minimum Gasteiger partial charge on any atom is -0.310 e. The second-order valence-electron chi connectivity index (χ2n) is 4.93. The highest BCUT2D eigenvalue weighted by molar-refractivity contribution is 7.90. The number of rotatable bonds is 7. The third-order valence-electron chi connectivity index (χ3n) is 3.03. The normalized spacial score (nSPS) is 13.5. The topological polar surface area (TPSA) is 46.2 Å². The van der Waals surface area contributed by atoms with Crippen LogP contribution < -0.4 is 5.32 Å². The number of aryl methyl sites for hydroxylation is 1. The average Bonchev–Trinajstić information content (AvgIpc) is 2.32. The van der Waals surface area contributed by atoms with Gasteiger partial charge in [-0.1, -0.05) is 24.6 Å². The molecule has 0 aliphatic carbocycles. The van der Waals surface area contributed by atoms with Crippen LogP contribution in [0.1, 0.15) is 36.9 Å². The fourth-order valence-corrected chi connectivity index (χ4v) is 2.85. The lowest BCUT2D eigenvalue weighted by molar-refractivity contribution is 0.512. The zero-order valence-electron chi connectivity index (χ0n) is 11.7. The molecule has 0 heterocycles. The van der Waals surface area contributed by atoms with Crippen molar-refractivity contribution < 1.29 is 8.42 Å². The molecule has 0 aliphatic heterocycles. The van der Waals surface area contributed by atoms with E-state index < -0.39 is 9.84 Å². The van der Waals surface area contributed by atoms with Crippen LogP contribution in [0, 0.1) is 6.92 Å². The van der Waals surface area contributed by atoms with E-state index in [1.165, 1.54) is 6.26 Å². The predicted octanol–water partition coefficient (Wildman–Crippen LogP) is 3.12. The van der Waals surface area contributed by atoms with Gasteiger partial charge in [0.2, 0.25) is 0 Å². The number of benzene rings is 1. The first-order valence-electron chi connectivity index (χ1n) is 6.50. The maximum absolute atomic E-state index is 11.3. The minimum absolute atomic E-state index is 0.0355. The molecule has 1 atom stereocenters. The molecule has 1 unspecified atom stereocenters. The lowest BCUT2D eigenvalue weighted by atomic mass is 9.99. The van der Waals surface area contributed by atoms with Gasteiger partial charge in [0.25, 0.3) is 0 Å². The Morgan fingerprint density at radius 2 is 2.05 bits per heavy atom. The molecule has 5 heteroatoms. The fraction of sp³-hybridized carbons (Fsp3) is 0.571. The van der Waals surface area contributed by atoms with Crippen LogP contribution in [0.2, 0.25) is 5.02 Å². The van der Waals surface area contributed by atoms with Crippen LogP contribution in [0.15, 0.2) is 18.2 Å². The lowest BCUT2D eigenvalue weighted by Crippen LogP contribution is -2.25. The molecule has 1 N–H and O–H groups in total. The smallest absolute Gasteiger partial charge is 0.147 e. The molecule has 0 fully saturated rings. The Morgan fingerprint density at radius 1 is 1.37 bits per heavy atom. The third-order valence-corrected chi connectivity index (χ3v) is 4.25. The molecule has 3 nitrogen and oxygen atoms in total. The summed E-state index contributed by atoms with van der Waals surface area (Å²) in [6.07, 6.45) is 2.85. The van der Waals surface area contributed by atoms with Crippen LogP contribution in [-0.4, -0.2) is 27.0 Å². The van der Waals surface area contributed by atoms with E-state index in [-0.39, 0.29) is 11.8 Å². The zero-order chi connectivity index (χ0) is 14.5. The van der Waals surface area contributed by atoms with Gasteiger partial charge in [-0.3, -0.25) is 0 Å². The largest absolute Gasteiger partial charge is 0.310 e. The highest BCUT2D eigenvalue weighted by atomic mass is 35.5. The van der Waals surface area contributed by atoms with Gasteiger partial charge in [0.05, 0.1) is 5.75 Å². The molecule has 1 rings (SSSR count). The molecular weight excluding hydrogens is 282 g/mol. The van der Waals surface area contributed by atoms with E-state index >= 15 is 0 Å². The Hall–Kier alpha value is -0.580. The quantitative estimate of drug-likeness (QED) is 0.842. The second kappa shape index (κ2) is 7.27. The average molecular weight is 304 g/mol. The van der Waals surface area contributed by atoms with Gasteiger partial charge in [-0.05, 0) is 49.6 Å². The summed E-state index contributed by atoms with van der Waals surface area (Å²) in [5.41, 5.74) is 2.22. The molecule has 0 bridgehead atoms. The maximum Gasteiger partial charge on any atom is 0.147 e. The lowest BCUT2D eigenvalue weighted by Gasteiger charge is -2.21. The molecule has 0 spiro atoms. The van der Waals surface area contributed by atoms with Crippen LogP contribution >= 0.6 is 11.6 Å². The van der Waals surface area contributed by atoms with E-state index in [2.05, 4.69) is 12.2 Å². The number of hydrogen-bond donors (Lipinski definition) is 1. The Labute approximate surface area is 121 Å². The first-order chi connectivity index (χ1) is 8.83. The van der Waals surface area contributed by atoms with Gasteiger partial charge in [0, 0.05) is 17.3 Å². The number of sulfone groups is 1. The highest BCUT2D eigenvalue weighted by Crippen LogP contribution is 2.24. The summed E-state index contributed by atoms with van der Waals surface area (Å²) in [5.74, 6) is 0.181. The van der Waals surface area contributed by atoms with Crippen molar-refractivity contribution >= 4 is 21.4 Å². The molecule has 0 saturated heterocycles. The standard InChI is InChI=1S/C14H22ClNO2S/c1-4-8-16-14(7-9-19(3,17)18)13-10-12(15)6-5-11(13)2/h5-6,10,14,16H,4,7-9H2,1-3H3. The van der Waals surface area contributed by atoms with Gasteiger partial charge in [-0.2, -0.15) is 0 Å². The van der Waals surface area contributed by atoms with Gasteiger partial charge in [-0.25, -0.2) is 8.42 Å². The fourth-order valence-electron chi connectivity index (χ4n) is 2.00. The molecule has 0 saturated carbocycles. The van der Waals surface area contributed by atoms with Crippen LogP contribution in [0.5, 0.6) is 0 Å². The Kier molecular flexibility index (Phi) is 6.30. The van der Waals surface area contributed by atoms with Crippen molar-refractivity contribution in [1.29, 1.82) is 0 Å². The number of nitrogens with one attached hydrogen (secondary N) is 1. The maximum atomic E-state index is 11.3. The van der Waals surface area contributed by atoms with Crippen LogP contribution in [0.4, 0.5) is 0 Å². The number of hydrogen-bond acceptors (Lipinski definition) is 3. The molecule has 1 aromatic carbocycles. The van der Waals surface area contributed by atoms with Crippen molar-refractivity contribution in [2.45, 2.75) is 32.7 Å². The number of halogens is 1. The van der Waals surface area contributed by atoms with Crippen molar-refractivity contribution in [3.63, 3.8) is 0 Å². The molecule has 0 aromatic heterocycles. The summed E-state index contributed by atoms with van der Waals surface area (Å²) in [6, 6.07) is 5.78. The van der Waals surface area contributed by atoms with Gasteiger partial charge in [0.15, 0.2) is 0 Å². The molecular formula is C14H22ClNO2S. The summed E-state index contributed by atoms with van der Waals surface area (Å²) in [7, 11) is -2.95. The van der Waals surface area contributed by atoms with E-state index in [0.29, 0.717) is 11.4 Å². The molecule has 0 radical (unpaired) electrons. The van der Waals surface area contributed by atoms with E-state index in [9.17, 15) is 8.42 Å². The van der Waals surface area contributed by atoms with Crippen molar-refractivity contribution in [3.05, 3.63) is 34.3 Å². The van der Waals surface area contributed by atoms with Crippen LogP contribution in [0.25, 0.3) is 0 Å². The third kappa shape index (κ3) is 5.93. The Bertz CT molecular complexity index is 514. The van der Waals surface area contributed by atoms with Crippen LogP contribution in [0.3, 0.4) is 0 Å². The van der Waals surface area contributed by atoms with Crippen molar-refractivity contribution in [3.8, 4) is 0 Å². The Morgan fingerprint density at radius 3 is 2.63 bits per heavy atom. The minimum atomic E-state index is -2.95. The van der Waals surface area contributed by atoms with Crippen LogP contribution in [-0.2, 0) is 9.84 Å². The summed E-state index contributed by atoms with van der Waals surface area (Å²) < 4.78 is 22.7. The molecule has 19 heavy (non-hydrogen) atoms. The first kappa shape index (κ1) is 16.5. The van der Waals surface area contributed by atoms with Crippen molar-refractivity contribution in [2.24, 2.45) is 0 Å². The van der Waals surface area contributed by atoms with E-state index in [1.54, 1.807) is 0 Å². The zero-order valence-corrected chi connectivity index (χ0v) is 13.3. The van der Waals surface area contributed by atoms with Gasteiger partial charge < -0.3 is 5.32 Å². The molecule has 0 amide bonds. The summed E-state index contributed by atoms with van der Waals surface area (Å²) in [5, 5.41) is 4.09. The first-order valence-corrected chi connectivity index (χ1v) is 8.94. The molecule has 1 aromatic rings. The van der Waals surface area contributed by atoms with Crippen molar-refractivity contribution in [2.75, 3.05) is 18.6 Å². The molecule has 108 valence electrons. The summed E-state index contributed by atoms with van der Waals surface area (Å²) >= 11 is 6.04. The van der Waals surface area contributed by atoms with E-state index in [4.69, 9.17) is 11.6 Å². The van der Waals surface area contributed by atoms with E-state index in [0.717, 1.165) is 24.1 Å². The monoisotopic (exact) mass is 303 g/mol. The van der Waals surface area contributed by atoms with Gasteiger partial charge >= 0.3 is 0 Å². The van der Waals surface area contributed by atoms with Gasteiger partial charge in [-0.15, -0.1) is 0 Å². The molecule has 0 aliphatic rings. The highest BCUT2D eigenvalue weighted by Gasteiger charge is 2.16. The second-order valence-corrected chi connectivity index (χ2v) is 7.62. The van der Waals surface area contributed by atoms with Gasteiger partial charge in [0.1, 0.15) is 9.84 Å². The predicted molar refractivity (Wildman–Crippen MR) is 81.6 cm³/mol. The van der Waals surface area contributed by atoms with Crippen molar-refractivity contribution in [1.82, 2.24) is 5.32 Å². The summed E-state index contributed by atoms with van der Waals surface area (Å²) in [4.78, 5) is 0. The summed E-state index contributed by atoms with van der Waals surface area (Å²) in [6.45, 7) is 4.97. The van der Waals surface area contributed by atoms with E-state index in [1.807, 2.05) is 25.1 Å².